The van der Waals surface area contributed by atoms with Gasteiger partial charge in [0.25, 0.3) is 0 Å². The van der Waals surface area contributed by atoms with Gasteiger partial charge in [-0.05, 0) is 82.7 Å². The summed E-state index contributed by atoms with van der Waals surface area (Å²) in [6.45, 7) is 11.8. The van der Waals surface area contributed by atoms with Crippen LogP contribution in [0.3, 0.4) is 0 Å². The summed E-state index contributed by atoms with van der Waals surface area (Å²) in [5, 5.41) is 7.92. The van der Waals surface area contributed by atoms with Crippen molar-refractivity contribution in [2.24, 2.45) is 0 Å². The van der Waals surface area contributed by atoms with Gasteiger partial charge in [0.2, 0.25) is 15.9 Å². The molecule has 2 aromatic rings. The van der Waals surface area contributed by atoms with E-state index in [-0.39, 0.29) is 30.4 Å². The molecule has 0 aliphatic carbocycles. The molecular weight excluding hydrogens is 765 g/mol. The molecule has 0 saturated heterocycles. The highest BCUT2D eigenvalue weighted by atomic mass is 32.2. The van der Waals surface area contributed by atoms with Crippen LogP contribution >= 0.6 is 0 Å². The van der Waals surface area contributed by atoms with Crippen LogP contribution in [0.5, 0.6) is 5.75 Å². The Labute approximate surface area is 336 Å². The molecule has 0 aromatic heterocycles. The van der Waals surface area contributed by atoms with Gasteiger partial charge in [-0.3, -0.25) is 9.59 Å². The van der Waals surface area contributed by atoms with Crippen molar-refractivity contribution in [1.29, 1.82) is 0 Å². The van der Waals surface area contributed by atoms with Gasteiger partial charge in [-0.2, -0.15) is 4.72 Å². The Bertz CT molecular complexity index is 1610. The third-order valence-electron chi connectivity index (χ3n) is 7.63. The number of rotatable bonds is 27. The van der Waals surface area contributed by atoms with Crippen molar-refractivity contribution >= 4 is 34.1 Å². The fourth-order valence-electron chi connectivity index (χ4n) is 5.07. The van der Waals surface area contributed by atoms with Gasteiger partial charge in [0.15, 0.2) is 0 Å². The first-order valence-electron chi connectivity index (χ1n) is 18.9. The number of benzene rings is 2. The van der Waals surface area contributed by atoms with Gasteiger partial charge in [0, 0.05) is 39.3 Å². The lowest BCUT2D eigenvalue weighted by molar-refractivity contribution is -0.142. The number of carbonyl (C=O) groups excluding carboxylic acids is 4. The zero-order chi connectivity index (χ0) is 42.1. The van der Waals surface area contributed by atoms with Gasteiger partial charge in [-0.15, -0.1) is 0 Å². The van der Waals surface area contributed by atoms with Crippen LogP contribution in [0.25, 0.3) is 0 Å². The largest absolute Gasteiger partial charge is 0.494 e. The predicted octanol–water partition coefficient (Wildman–Crippen LogP) is 3.68. The molecular formula is C39H60N4O13S. The van der Waals surface area contributed by atoms with E-state index in [2.05, 4.69) is 20.7 Å². The molecule has 0 heterocycles. The molecule has 0 aliphatic rings. The zero-order valence-corrected chi connectivity index (χ0v) is 34.8. The van der Waals surface area contributed by atoms with E-state index in [0.29, 0.717) is 88.9 Å². The van der Waals surface area contributed by atoms with Crippen LogP contribution in [0.2, 0.25) is 0 Å². The number of alkyl carbamates (subject to hydrolysis) is 2. The highest BCUT2D eigenvalue weighted by Gasteiger charge is 2.30. The minimum absolute atomic E-state index is 0.0415. The first-order valence-corrected chi connectivity index (χ1v) is 20.3. The first kappa shape index (κ1) is 48.7. The van der Waals surface area contributed by atoms with Crippen LogP contribution in [0, 0.1) is 13.8 Å². The van der Waals surface area contributed by atoms with Crippen LogP contribution in [0.15, 0.2) is 47.4 Å². The fraction of sp³-hybridized carbons (Fsp3) is 0.590. The molecule has 0 fully saturated rings. The highest BCUT2D eigenvalue weighted by Crippen LogP contribution is 2.26. The van der Waals surface area contributed by atoms with Crippen molar-refractivity contribution in [3.8, 4) is 5.75 Å². The molecule has 2 rings (SSSR count). The Morgan fingerprint density at radius 1 is 0.737 bits per heavy atom. The molecule has 17 nitrogen and oxygen atoms in total. The molecule has 0 spiro atoms. The van der Waals surface area contributed by atoms with Crippen molar-refractivity contribution in [1.82, 2.24) is 20.7 Å². The number of amides is 3. The van der Waals surface area contributed by atoms with Crippen molar-refractivity contribution in [2.45, 2.75) is 83.4 Å². The Morgan fingerprint density at radius 2 is 1.32 bits per heavy atom. The normalized spacial score (nSPS) is 12.0. The maximum absolute atomic E-state index is 13.3. The van der Waals surface area contributed by atoms with Crippen molar-refractivity contribution in [3.63, 3.8) is 0 Å². The van der Waals surface area contributed by atoms with Crippen LogP contribution in [-0.4, -0.2) is 117 Å². The van der Waals surface area contributed by atoms with E-state index in [1.54, 1.807) is 46.8 Å². The van der Waals surface area contributed by atoms with E-state index >= 15 is 0 Å². The third kappa shape index (κ3) is 21.6. The monoisotopic (exact) mass is 824 g/mol. The van der Waals surface area contributed by atoms with Crippen LogP contribution in [0.4, 0.5) is 9.59 Å². The summed E-state index contributed by atoms with van der Waals surface area (Å²) < 4.78 is 66.3. The molecule has 57 heavy (non-hydrogen) atoms. The first-order chi connectivity index (χ1) is 27.1. The van der Waals surface area contributed by atoms with E-state index in [4.69, 9.17) is 33.2 Å². The smallest absolute Gasteiger partial charge is 0.407 e. The summed E-state index contributed by atoms with van der Waals surface area (Å²) in [4.78, 5) is 48.3. The molecule has 0 bridgehead atoms. The maximum Gasteiger partial charge on any atom is 0.407 e. The fourth-order valence-corrected chi connectivity index (χ4v) is 6.71. The molecule has 4 N–H and O–H groups in total. The number of nitrogens with one attached hydrogen (secondary N) is 4. The van der Waals surface area contributed by atoms with Crippen LogP contribution in [-0.2, 0) is 54.6 Å². The highest BCUT2D eigenvalue weighted by molar-refractivity contribution is 7.89. The number of aryl methyl sites for hydroxylation is 2. The van der Waals surface area contributed by atoms with Gasteiger partial charge in [-0.25, -0.2) is 18.0 Å². The number of esters is 1. The van der Waals surface area contributed by atoms with E-state index in [9.17, 15) is 27.6 Å². The lowest BCUT2D eigenvalue weighted by atomic mass is 10.1. The summed E-state index contributed by atoms with van der Waals surface area (Å²) in [6, 6.07) is 11.2. The van der Waals surface area contributed by atoms with Crippen molar-refractivity contribution in [3.05, 3.63) is 59.2 Å². The van der Waals surface area contributed by atoms with Gasteiger partial charge in [-0.1, -0.05) is 30.3 Å². The summed E-state index contributed by atoms with van der Waals surface area (Å²) in [5.41, 5.74) is 0.890. The molecule has 18 heteroatoms. The summed E-state index contributed by atoms with van der Waals surface area (Å²) in [7, 11) is -3.12. The summed E-state index contributed by atoms with van der Waals surface area (Å²) in [6.07, 6.45) is 0.703. The summed E-state index contributed by atoms with van der Waals surface area (Å²) in [5.74, 6) is -0.582. The number of sulfonamides is 1. The van der Waals surface area contributed by atoms with Crippen molar-refractivity contribution < 1.29 is 60.8 Å². The summed E-state index contributed by atoms with van der Waals surface area (Å²) >= 11 is 0. The zero-order valence-electron chi connectivity index (χ0n) is 33.9. The van der Waals surface area contributed by atoms with E-state index < -0.39 is 46.4 Å². The number of ether oxygens (including phenoxy) is 7. The maximum atomic E-state index is 13.3. The Hall–Kier alpha value is -4.49. The Kier molecular flexibility index (Phi) is 22.6. The number of methoxy groups -OCH3 is 1. The predicted molar refractivity (Wildman–Crippen MR) is 210 cm³/mol. The molecule has 1 atom stereocenters. The molecule has 320 valence electrons. The van der Waals surface area contributed by atoms with Crippen molar-refractivity contribution in [2.75, 3.05) is 73.0 Å². The third-order valence-corrected chi connectivity index (χ3v) is 9.41. The minimum atomic E-state index is -4.23. The van der Waals surface area contributed by atoms with E-state index in [1.165, 1.54) is 0 Å². The lowest BCUT2D eigenvalue weighted by Crippen LogP contribution is -2.49. The topological polar surface area (TPSA) is 215 Å². The standard InChI is InChI=1S/C39H60N4O13S/c1-29-25-32(26-30(2)35(29)57(48,49)43-33(36(45)50-6)27-42-38(47)56-39(3,4)5)54-20-10-15-34(44)40-16-11-18-51-21-23-53-24-22-52-19-12-17-41-37(46)55-28-31-13-8-7-9-14-31/h7-9,13-14,25-26,33,43H,10-12,15-24,27-28H2,1-6H3,(H,40,44)(H,41,46)(H,42,47)/t33-/m0/s1. The van der Waals surface area contributed by atoms with Crippen LogP contribution in [0.1, 0.15) is 63.1 Å². The van der Waals surface area contributed by atoms with Gasteiger partial charge in [0.05, 0.1) is 45.0 Å². The SMILES string of the molecule is COC(=O)[C@H](CNC(=O)OC(C)(C)C)NS(=O)(=O)c1c(C)cc(OCCCC(=O)NCCCOCCOCCOCCCNC(=O)OCc2ccccc2)cc1C. The molecule has 3 amide bonds. The second kappa shape index (κ2) is 26.4. The average Bonchev–Trinajstić information content (AvgIpc) is 3.14. The molecule has 0 unspecified atom stereocenters. The Morgan fingerprint density at radius 3 is 1.89 bits per heavy atom. The van der Waals surface area contributed by atoms with Gasteiger partial charge >= 0.3 is 18.2 Å². The molecule has 0 aliphatic heterocycles. The number of hydrogen-bond acceptors (Lipinski definition) is 13. The molecule has 2 aromatic carbocycles. The lowest BCUT2D eigenvalue weighted by Gasteiger charge is -2.22. The number of carbonyl (C=O) groups is 4. The molecule has 0 radical (unpaired) electrons. The second-order valence-electron chi connectivity index (χ2n) is 13.8. The quantitative estimate of drug-likeness (QED) is 0.0576. The van der Waals surface area contributed by atoms with Gasteiger partial charge in [0.1, 0.15) is 24.0 Å². The second-order valence-corrected chi connectivity index (χ2v) is 15.5. The minimum Gasteiger partial charge on any atom is -0.494 e. The Balaban J connectivity index is 1.53. The number of hydrogen-bond donors (Lipinski definition) is 4. The van der Waals surface area contributed by atoms with Gasteiger partial charge < -0.3 is 49.1 Å². The van der Waals surface area contributed by atoms with Crippen LogP contribution < -0.4 is 25.4 Å². The average molecular weight is 825 g/mol. The van der Waals surface area contributed by atoms with E-state index in [1.807, 2.05) is 30.3 Å². The van der Waals surface area contributed by atoms with E-state index in [0.717, 1.165) is 12.7 Å². The molecule has 0 saturated carbocycles.